The van der Waals surface area contributed by atoms with E-state index in [4.69, 9.17) is 0 Å². The molecule has 0 atom stereocenters. The van der Waals surface area contributed by atoms with Gasteiger partial charge in [0.15, 0.2) is 0 Å². The Hall–Kier alpha value is -2.69. The Kier molecular flexibility index (Phi) is 6.69. The number of carbonyl (C=O) groups is 2. The van der Waals surface area contributed by atoms with Gasteiger partial charge in [0.05, 0.1) is 0 Å². The van der Waals surface area contributed by atoms with E-state index in [1.807, 2.05) is 30.3 Å². The molecule has 5 nitrogen and oxygen atoms in total. The lowest BCUT2D eigenvalue weighted by molar-refractivity contribution is 0.0775. The van der Waals surface area contributed by atoms with Crippen LogP contribution in [0.1, 0.15) is 46.3 Å². The van der Waals surface area contributed by atoms with Gasteiger partial charge in [0, 0.05) is 27.2 Å². The van der Waals surface area contributed by atoms with Crippen LogP contribution in [0.4, 0.5) is 0 Å². The maximum atomic E-state index is 12.6. The Morgan fingerprint density at radius 2 is 1.48 bits per heavy atom. The first kappa shape index (κ1) is 18.6. The molecular weight excluding hydrogens is 314 g/mol. The third-order valence-corrected chi connectivity index (χ3v) is 3.99. The van der Waals surface area contributed by atoms with Crippen LogP contribution < -0.4 is 0 Å². The van der Waals surface area contributed by atoms with Crippen molar-refractivity contribution < 1.29 is 9.59 Å². The normalized spacial score (nSPS) is 10.4. The predicted octanol–water partition coefficient (Wildman–Crippen LogP) is 3.23. The zero-order valence-corrected chi connectivity index (χ0v) is 15.1. The molecule has 0 saturated heterocycles. The van der Waals surface area contributed by atoms with Crippen molar-refractivity contribution >= 4 is 11.8 Å². The molecule has 0 N–H and O–H groups in total. The molecule has 1 heterocycles. The Morgan fingerprint density at radius 1 is 0.880 bits per heavy atom. The van der Waals surface area contributed by atoms with Crippen LogP contribution in [0.3, 0.4) is 0 Å². The molecule has 0 unspecified atom stereocenters. The van der Waals surface area contributed by atoms with E-state index in [1.165, 1.54) is 0 Å². The van der Waals surface area contributed by atoms with Gasteiger partial charge < -0.3 is 9.80 Å². The van der Waals surface area contributed by atoms with Gasteiger partial charge in [0.2, 0.25) is 0 Å². The predicted molar refractivity (Wildman–Crippen MR) is 98.3 cm³/mol. The third-order valence-electron chi connectivity index (χ3n) is 3.99. The summed E-state index contributed by atoms with van der Waals surface area (Å²) in [6.07, 6.45) is 1.97. The number of aromatic nitrogens is 1. The van der Waals surface area contributed by atoms with Gasteiger partial charge in [-0.1, -0.05) is 49.7 Å². The van der Waals surface area contributed by atoms with E-state index in [0.717, 1.165) is 18.4 Å². The molecule has 5 heteroatoms. The molecule has 1 aromatic carbocycles. The summed E-state index contributed by atoms with van der Waals surface area (Å²) in [4.78, 5) is 32.6. The minimum atomic E-state index is -0.199. The average molecular weight is 339 g/mol. The lowest BCUT2D eigenvalue weighted by Crippen LogP contribution is -2.30. The Bertz CT molecular complexity index is 716. The number of carbonyl (C=O) groups excluding carboxylic acids is 2. The topological polar surface area (TPSA) is 53.5 Å². The van der Waals surface area contributed by atoms with Gasteiger partial charge in [-0.3, -0.25) is 9.59 Å². The fourth-order valence-electron chi connectivity index (χ4n) is 2.49. The minimum Gasteiger partial charge on any atom is -0.340 e. The fraction of sp³-hybridized carbons (Fsp3) is 0.350. The molecule has 2 aromatic rings. The van der Waals surface area contributed by atoms with Crippen molar-refractivity contribution in [3.63, 3.8) is 0 Å². The molecule has 0 bridgehead atoms. The molecule has 0 fully saturated rings. The van der Waals surface area contributed by atoms with Crippen LogP contribution in [0.5, 0.6) is 0 Å². The van der Waals surface area contributed by atoms with Gasteiger partial charge in [0.25, 0.3) is 11.8 Å². The summed E-state index contributed by atoms with van der Waals surface area (Å²) in [5, 5.41) is 0. The summed E-state index contributed by atoms with van der Waals surface area (Å²) in [7, 11) is 3.49. The first-order valence-corrected chi connectivity index (χ1v) is 8.54. The SMILES string of the molecule is CCCCN(C)C(=O)c1cccc(C(=O)N(C)Cc2ccccc2)n1. The standard InChI is InChI=1S/C20H25N3O2/c1-4-5-14-22(2)19(24)17-12-9-13-18(21-17)20(25)23(3)15-16-10-7-6-8-11-16/h6-13H,4-5,14-15H2,1-3H3. The number of pyridine rings is 1. The van der Waals surface area contributed by atoms with Gasteiger partial charge in [-0.25, -0.2) is 4.98 Å². The maximum absolute atomic E-state index is 12.6. The van der Waals surface area contributed by atoms with Gasteiger partial charge in [0.1, 0.15) is 11.4 Å². The maximum Gasteiger partial charge on any atom is 0.272 e. The lowest BCUT2D eigenvalue weighted by Gasteiger charge is -2.18. The van der Waals surface area contributed by atoms with E-state index >= 15 is 0 Å². The zero-order valence-electron chi connectivity index (χ0n) is 15.1. The minimum absolute atomic E-state index is 0.159. The van der Waals surface area contributed by atoms with Crippen molar-refractivity contribution in [2.75, 3.05) is 20.6 Å². The third kappa shape index (κ3) is 5.14. The van der Waals surface area contributed by atoms with Crippen LogP contribution in [-0.2, 0) is 6.54 Å². The molecule has 2 rings (SSSR count). The first-order valence-electron chi connectivity index (χ1n) is 8.54. The van der Waals surface area contributed by atoms with Crippen molar-refractivity contribution in [1.82, 2.24) is 14.8 Å². The van der Waals surface area contributed by atoms with Crippen molar-refractivity contribution in [1.29, 1.82) is 0 Å². The summed E-state index contributed by atoms with van der Waals surface area (Å²) in [6.45, 7) is 3.26. The summed E-state index contributed by atoms with van der Waals surface area (Å²) in [6, 6.07) is 14.8. The zero-order chi connectivity index (χ0) is 18.2. The Balaban J connectivity index is 2.09. The highest BCUT2D eigenvalue weighted by atomic mass is 16.2. The van der Waals surface area contributed by atoms with E-state index in [9.17, 15) is 9.59 Å². The average Bonchev–Trinajstić information content (AvgIpc) is 2.65. The monoisotopic (exact) mass is 339 g/mol. The first-order chi connectivity index (χ1) is 12.0. The molecular formula is C20H25N3O2. The highest BCUT2D eigenvalue weighted by Gasteiger charge is 2.18. The van der Waals surface area contributed by atoms with E-state index in [-0.39, 0.29) is 17.5 Å². The fourth-order valence-corrected chi connectivity index (χ4v) is 2.49. The summed E-state index contributed by atoms with van der Waals surface area (Å²) < 4.78 is 0. The summed E-state index contributed by atoms with van der Waals surface area (Å²) in [5.74, 6) is -0.358. The Labute approximate surface area is 149 Å². The molecule has 0 aliphatic heterocycles. The molecule has 0 aliphatic rings. The summed E-state index contributed by atoms with van der Waals surface area (Å²) >= 11 is 0. The smallest absolute Gasteiger partial charge is 0.272 e. The second kappa shape index (κ2) is 8.97. The van der Waals surface area contributed by atoms with Crippen LogP contribution in [0, 0.1) is 0 Å². The van der Waals surface area contributed by atoms with Gasteiger partial charge in [-0.15, -0.1) is 0 Å². The molecule has 2 amide bonds. The van der Waals surface area contributed by atoms with Crippen molar-refractivity contribution in [3.05, 3.63) is 65.5 Å². The van der Waals surface area contributed by atoms with E-state index in [1.54, 1.807) is 42.1 Å². The van der Waals surface area contributed by atoms with Crippen LogP contribution in [0.25, 0.3) is 0 Å². The van der Waals surface area contributed by atoms with Crippen LogP contribution in [0.15, 0.2) is 48.5 Å². The number of nitrogens with zero attached hydrogens (tertiary/aromatic N) is 3. The van der Waals surface area contributed by atoms with Crippen molar-refractivity contribution in [3.8, 4) is 0 Å². The van der Waals surface area contributed by atoms with E-state index in [0.29, 0.717) is 18.8 Å². The van der Waals surface area contributed by atoms with Crippen LogP contribution in [0.2, 0.25) is 0 Å². The molecule has 132 valence electrons. The molecule has 1 aromatic heterocycles. The molecule has 0 aliphatic carbocycles. The summed E-state index contributed by atoms with van der Waals surface area (Å²) in [5.41, 5.74) is 1.63. The second-order valence-electron chi connectivity index (χ2n) is 6.14. The molecule has 0 saturated carbocycles. The van der Waals surface area contributed by atoms with E-state index in [2.05, 4.69) is 11.9 Å². The van der Waals surface area contributed by atoms with Gasteiger partial charge in [-0.05, 0) is 24.1 Å². The van der Waals surface area contributed by atoms with Crippen molar-refractivity contribution in [2.24, 2.45) is 0 Å². The van der Waals surface area contributed by atoms with Crippen molar-refractivity contribution in [2.45, 2.75) is 26.3 Å². The molecule has 25 heavy (non-hydrogen) atoms. The van der Waals surface area contributed by atoms with Crippen LogP contribution in [-0.4, -0.2) is 47.2 Å². The number of hydrogen-bond acceptors (Lipinski definition) is 3. The number of hydrogen-bond donors (Lipinski definition) is 0. The lowest BCUT2D eigenvalue weighted by atomic mass is 10.2. The van der Waals surface area contributed by atoms with Gasteiger partial charge in [-0.2, -0.15) is 0 Å². The quantitative estimate of drug-likeness (QED) is 0.778. The van der Waals surface area contributed by atoms with Crippen LogP contribution >= 0.6 is 0 Å². The number of benzene rings is 1. The number of rotatable bonds is 7. The highest BCUT2D eigenvalue weighted by Crippen LogP contribution is 2.09. The largest absolute Gasteiger partial charge is 0.340 e. The van der Waals surface area contributed by atoms with E-state index < -0.39 is 0 Å². The molecule has 0 spiro atoms. The number of amides is 2. The number of unbranched alkanes of at least 4 members (excludes halogenated alkanes) is 1. The van der Waals surface area contributed by atoms with Gasteiger partial charge >= 0.3 is 0 Å². The second-order valence-corrected chi connectivity index (χ2v) is 6.14. The Morgan fingerprint density at radius 3 is 2.08 bits per heavy atom. The molecule has 0 radical (unpaired) electrons. The highest BCUT2D eigenvalue weighted by molar-refractivity contribution is 5.96.